The van der Waals surface area contributed by atoms with Crippen LogP contribution in [0.15, 0.2) is 4.99 Å². The smallest absolute Gasteiger partial charge is 0.222 e. The molecule has 1 atom stereocenters. The van der Waals surface area contributed by atoms with Gasteiger partial charge in [-0.2, -0.15) is 0 Å². The average molecular weight is 298 g/mol. The molecule has 0 radical (unpaired) electrons. The molecule has 1 fully saturated rings. The Morgan fingerprint density at radius 3 is 2.71 bits per heavy atom. The number of likely N-dealkylation sites (tertiary alicyclic amines) is 1. The molecule has 0 aliphatic carbocycles. The first-order valence-electron chi connectivity index (χ1n) is 7.85. The first-order valence-corrected chi connectivity index (χ1v) is 7.85. The molecule has 0 aromatic rings. The van der Waals surface area contributed by atoms with Crippen LogP contribution in [0.25, 0.3) is 0 Å². The number of aliphatic hydroxyl groups is 1. The number of carbonyl (C=O) groups is 1. The maximum Gasteiger partial charge on any atom is 0.222 e. The number of rotatable bonds is 6. The standard InChI is InChI=1S/C15H30N4O2/c1-5-13(21)19-8-7-12(9-19)18-14(16-6-2)17-10-15(3,4)11-20/h12,20H,5-11H2,1-4H3,(H2,16,17,18). The molecule has 0 aromatic heterocycles. The summed E-state index contributed by atoms with van der Waals surface area (Å²) in [6.07, 6.45) is 1.51. The predicted molar refractivity (Wildman–Crippen MR) is 85.3 cm³/mol. The molecule has 21 heavy (non-hydrogen) atoms. The third-order valence-electron chi connectivity index (χ3n) is 3.62. The first kappa shape index (κ1) is 17.8. The number of nitrogens with zero attached hydrogens (tertiary/aromatic N) is 2. The minimum Gasteiger partial charge on any atom is -0.396 e. The lowest BCUT2D eigenvalue weighted by atomic mass is 9.95. The van der Waals surface area contributed by atoms with Crippen LogP contribution >= 0.6 is 0 Å². The van der Waals surface area contributed by atoms with Crippen LogP contribution in [0, 0.1) is 5.41 Å². The maximum atomic E-state index is 11.7. The molecule has 122 valence electrons. The number of carbonyl (C=O) groups excluding carboxylic acids is 1. The Balaban J connectivity index is 2.55. The van der Waals surface area contributed by atoms with Gasteiger partial charge < -0.3 is 20.6 Å². The first-order chi connectivity index (χ1) is 9.91. The quantitative estimate of drug-likeness (QED) is 0.495. The number of aliphatic imine (C=N–C) groups is 1. The fourth-order valence-corrected chi connectivity index (χ4v) is 2.18. The second-order valence-electron chi connectivity index (χ2n) is 6.34. The van der Waals surface area contributed by atoms with E-state index in [-0.39, 0.29) is 24.0 Å². The third-order valence-corrected chi connectivity index (χ3v) is 3.62. The summed E-state index contributed by atoms with van der Waals surface area (Å²) >= 11 is 0. The molecule has 6 nitrogen and oxygen atoms in total. The van der Waals surface area contributed by atoms with Crippen molar-refractivity contribution in [1.82, 2.24) is 15.5 Å². The topological polar surface area (TPSA) is 77.0 Å². The number of hydrogen-bond acceptors (Lipinski definition) is 3. The van der Waals surface area contributed by atoms with Crippen LogP contribution in [-0.4, -0.2) is 60.7 Å². The highest BCUT2D eigenvalue weighted by Crippen LogP contribution is 2.14. The minimum absolute atomic E-state index is 0.109. The third kappa shape index (κ3) is 5.91. The van der Waals surface area contributed by atoms with Gasteiger partial charge in [0, 0.05) is 44.1 Å². The van der Waals surface area contributed by atoms with Crippen molar-refractivity contribution in [2.24, 2.45) is 10.4 Å². The van der Waals surface area contributed by atoms with E-state index in [2.05, 4.69) is 15.6 Å². The van der Waals surface area contributed by atoms with Gasteiger partial charge in [-0.25, -0.2) is 0 Å². The van der Waals surface area contributed by atoms with Crippen molar-refractivity contribution < 1.29 is 9.90 Å². The molecule has 3 N–H and O–H groups in total. The molecule has 1 aliphatic heterocycles. The summed E-state index contributed by atoms with van der Waals surface area (Å²) in [6, 6.07) is 0.246. The van der Waals surface area contributed by atoms with Gasteiger partial charge in [-0.1, -0.05) is 20.8 Å². The molecule has 1 unspecified atom stereocenters. The average Bonchev–Trinajstić information content (AvgIpc) is 2.93. The molecule has 1 heterocycles. The monoisotopic (exact) mass is 298 g/mol. The second-order valence-corrected chi connectivity index (χ2v) is 6.34. The molecular weight excluding hydrogens is 268 g/mol. The van der Waals surface area contributed by atoms with Gasteiger partial charge in [0.2, 0.25) is 5.91 Å². The van der Waals surface area contributed by atoms with Gasteiger partial charge in [0.15, 0.2) is 5.96 Å². The van der Waals surface area contributed by atoms with Crippen molar-refractivity contribution in [1.29, 1.82) is 0 Å². The van der Waals surface area contributed by atoms with Crippen LogP contribution in [0.5, 0.6) is 0 Å². The van der Waals surface area contributed by atoms with E-state index in [0.717, 1.165) is 32.0 Å². The number of hydrogen-bond donors (Lipinski definition) is 3. The van der Waals surface area contributed by atoms with E-state index in [1.807, 2.05) is 32.6 Å². The Morgan fingerprint density at radius 2 is 2.14 bits per heavy atom. The summed E-state index contributed by atoms with van der Waals surface area (Å²) in [5, 5.41) is 15.9. The zero-order valence-electron chi connectivity index (χ0n) is 13.8. The fourth-order valence-electron chi connectivity index (χ4n) is 2.18. The Labute approximate surface area is 128 Å². The highest BCUT2D eigenvalue weighted by molar-refractivity contribution is 5.80. The zero-order valence-corrected chi connectivity index (χ0v) is 13.8. The lowest BCUT2D eigenvalue weighted by Gasteiger charge is -2.22. The van der Waals surface area contributed by atoms with Crippen LogP contribution in [0.3, 0.4) is 0 Å². The van der Waals surface area contributed by atoms with Gasteiger partial charge in [-0.15, -0.1) is 0 Å². The van der Waals surface area contributed by atoms with Gasteiger partial charge >= 0.3 is 0 Å². The van der Waals surface area contributed by atoms with E-state index in [1.54, 1.807) is 0 Å². The van der Waals surface area contributed by atoms with E-state index < -0.39 is 0 Å². The molecule has 6 heteroatoms. The predicted octanol–water partition coefficient (Wildman–Crippen LogP) is 0.571. The number of guanidine groups is 1. The molecule has 0 spiro atoms. The molecule has 1 amide bonds. The summed E-state index contributed by atoms with van der Waals surface area (Å²) in [6.45, 7) is 10.9. The van der Waals surface area contributed by atoms with Gasteiger partial charge in [-0.3, -0.25) is 9.79 Å². The minimum atomic E-state index is -0.220. The van der Waals surface area contributed by atoms with Gasteiger partial charge in [-0.05, 0) is 13.3 Å². The molecule has 1 aliphatic rings. The lowest BCUT2D eigenvalue weighted by Crippen LogP contribution is -2.45. The van der Waals surface area contributed by atoms with Crippen molar-refractivity contribution in [2.75, 3.05) is 32.8 Å². The van der Waals surface area contributed by atoms with Crippen LogP contribution in [0.1, 0.15) is 40.5 Å². The Bertz CT molecular complexity index is 369. The Kier molecular flexibility index (Phi) is 6.95. The van der Waals surface area contributed by atoms with E-state index in [0.29, 0.717) is 13.0 Å². The molecule has 1 saturated heterocycles. The van der Waals surface area contributed by atoms with Gasteiger partial charge in [0.1, 0.15) is 0 Å². The number of aliphatic hydroxyl groups excluding tert-OH is 1. The highest BCUT2D eigenvalue weighted by Gasteiger charge is 2.26. The van der Waals surface area contributed by atoms with Crippen molar-refractivity contribution in [3.05, 3.63) is 0 Å². The van der Waals surface area contributed by atoms with Gasteiger partial charge in [0.25, 0.3) is 0 Å². The van der Waals surface area contributed by atoms with Crippen molar-refractivity contribution in [2.45, 2.75) is 46.6 Å². The van der Waals surface area contributed by atoms with E-state index in [9.17, 15) is 9.90 Å². The Morgan fingerprint density at radius 1 is 1.43 bits per heavy atom. The SMILES string of the molecule is CCNC(=NCC(C)(C)CO)NC1CCN(C(=O)CC)C1. The van der Waals surface area contributed by atoms with Crippen molar-refractivity contribution in [3.63, 3.8) is 0 Å². The molecule has 0 aromatic carbocycles. The molecular formula is C15H30N4O2. The van der Waals surface area contributed by atoms with E-state index in [4.69, 9.17) is 0 Å². The van der Waals surface area contributed by atoms with E-state index >= 15 is 0 Å². The van der Waals surface area contributed by atoms with Crippen LogP contribution in [0.4, 0.5) is 0 Å². The summed E-state index contributed by atoms with van der Waals surface area (Å²) in [4.78, 5) is 18.1. The van der Waals surface area contributed by atoms with Crippen LogP contribution in [-0.2, 0) is 4.79 Å². The lowest BCUT2D eigenvalue weighted by molar-refractivity contribution is -0.129. The summed E-state index contributed by atoms with van der Waals surface area (Å²) in [5.74, 6) is 0.970. The molecule has 1 rings (SSSR count). The Hall–Kier alpha value is -1.30. The summed E-state index contributed by atoms with van der Waals surface area (Å²) in [5.41, 5.74) is -0.220. The van der Waals surface area contributed by atoms with E-state index in [1.165, 1.54) is 0 Å². The normalized spacial score (nSPS) is 19.8. The van der Waals surface area contributed by atoms with Gasteiger partial charge in [0.05, 0.1) is 6.54 Å². The number of amides is 1. The van der Waals surface area contributed by atoms with Crippen molar-refractivity contribution in [3.8, 4) is 0 Å². The molecule has 0 bridgehead atoms. The largest absolute Gasteiger partial charge is 0.396 e. The molecule has 0 saturated carbocycles. The summed E-state index contributed by atoms with van der Waals surface area (Å²) < 4.78 is 0. The highest BCUT2D eigenvalue weighted by atomic mass is 16.3. The summed E-state index contributed by atoms with van der Waals surface area (Å²) in [7, 11) is 0. The van der Waals surface area contributed by atoms with Crippen LogP contribution < -0.4 is 10.6 Å². The zero-order chi connectivity index (χ0) is 15.9. The fraction of sp³-hybridized carbons (Fsp3) is 0.867. The van der Waals surface area contributed by atoms with Crippen molar-refractivity contribution >= 4 is 11.9 Å². The van der Waals surface area contributed by atoms with Crippen LogP contribution in [0.2, 0.25) is 0 Å². The number of nitrogens with one attached hydrogen (secondary N) is 2. The second kappa shape index (κ2) is 8.22. The maximum absolute atomic E-state index is 11.7.